The number of fused-ring (bicyclic) bond motifs is 1. The number of aryl methyl sites for hydroxylation is 1. The Balaban J connectivity index is 1.73. The summed E-state index contributed by atoms with van der Waals surface area (Å²) in [6.45, 7) is 3.92. The van der Waals surface area contributed by atoms with Crippen molar-refractivity contribution in [3.05, 3.63) is 53.6 Å². The van der Waals surface area contributed by atoms with E-state index in [2.05, 4.69) is 5.32 Å². The van der Waals surface area contributed by atoms with Crippen LogP contribution in [0, 0.1) is 6.92 Å². The van der Waals surface area contributed by atoms with Gasteiger partial charge in [0.2, 0.25) is 11.8 Å². The van der Waals surface area contributed by atoms with Gasteiger partial charge in [-0.15, -0.1) is 11.8 Å². The number of amides is 2. The molecule has 1 aliphatic heterocycles. The SMILES string of the molecule is COc1ccc(C)cc1C(C)NC(=O)CN1C(=O)CSc2ccccc21. The van der Waals surface area contributed by atoms with Crippen LogP contribution in [0.15, 0.2) is 47.4 Å². The molecular formula is C20H22N2O3S. The third-order valence-electron chi connectivity index (χ3n) is 4.34. The Labute approximate surface area is 157 Å². The number of ether oxygens (including phenoxy) is 1. The van der Waals surface area contributed by atoms with Gasteiger partial charge in [-0.3, -0.25) is 9.59 Å². The second-order valence-electron chi connectivity index (χ2n) is 6.27. The van der Waals surface area contributed by atoms with Crippen molar-refractivity contribution in [3.8, 4) is 5.75 Å². The summed E-state index contributed by atoms with van der Waals surface area (Å²) < 4.78 is 5.40. The van der Waals surface area contributed by atoms with Gasteiger partial charge >= 0.3 is 0 Å². The first kappa shape index (κ1) is 18.3. The van der Waals surface area contributed by atoms with Crippen LogP contribution in [0.25, 0.3) is 0 Å². The van der Waals surface area contributed by atoms with Crippen LogP contribution in [-0.2, 0) is 9.59 Å². The summed E-state index contributed by atoms with van der Waals surface area (Å²) in [6, 6.07) is 13.3. The minimum Gasteiger partial charge on any atom is -0.496 e. The number of carbonyl (C=O) groups is 2. The lowest BCUT2D eigenvalue weighted by atomic mass is 10.0. The quantitative estimate of drug-likeness (QED) is 0.877. The van der Waals surface area contributed by atoms with Crippen molar-refractivity contribution in [2.45, 2.75) is 24.8 Å². The van der Waals surface area contributed by atoms with Gasteiger partial charge in [-0.1, -0.05) is 29.8 Å². The maximum Gasteiger partial charge on any atom is 0.240 e. The zero-order valence-electron chi connectivity index (χ0n) is 15.1. The Morgan fingerprint density at radius 2 is 2.08 bits per heavy atom. The number of benzene rings is 2. The third kappa shape index (κ3) is 3.85. The highest BCUT2D eigenvalue weighted by atomic mass is 32.2. The molecule has 2 aromatic carbocycles. The zero-order valence-corrected chi connectivity index (χ0v) is 15.9. The van der Waals surface area contributed by atoms with E-state index in [4.69, 9.17) is 4.74 Å². The van der Waals surface area contributed by atoms with Gasteiger partial charge in [-0.05, 0) is 32.0 Å². The van der Waals surface area contributed by atoms with Gasteiger partial charge in [-0.25, -0.2) is 0 Å². The average Bonchev–Trinajstić information content (AvgIpc) is 2.64. The van der Waals surface area contributed by atoms with Crippen molar-refractivity contribution < 1.29 is 14.3 Å². The van der Waals surface area contributed by atoms with Crippen LogP contribution in [-0.4, -0.2) is 31.2 Å². The van der Waals surface area contributed by atoms with Gasteiger partial charge in [0, 0.05) is 10.5 Å². The monoisotopic (exact) mass is 370 g/mol. The Hall–Kier alpha value is -2.47. The Kier molecular flexibility index (Phi) is 5.52. The van der Waals surface area contributed by atoms with E-state index in [1.54, 1.807) is 12.0 Å². The summed E-state index contributed by atoms with van der Waals surface area (Å²) in [5.74, 6) is 0.839. The molecule has 0 bridgehead atoms. The van der Waals surface area contributed by atoms with Crippen molar-refractivity contribution in [2.75, 3.05) is 24.3 Å². The van der Waals surface area contributed by atoms with Crippen molar-refractivity contribution in [2.24, 2.45) is 0 Å². The van der Waals surface area contributed by atoms with Crippen molar-refractivity contribution in [1.82, 2.24) is 5.32 Å². The molecule has 2 aromatic rings. The van der Waals surface area contributed by atoms with E-state index in [9.17, 15) is 9.59 Å². The first-order chi connectivity index (χ1) is 12.5. The minimum atomic E-state index is -0.220. The topological polar surface area (TPSA) is 58.6 Å². The van der Waals surface area contributed by atoms with Crippen LogP contribution in [0.4, 0.5) is 5.69 Å². The first-order valence-corrected chi connectivity index (χ1v) is 9.44. The second-order valence-corrected chi connectivity index (χ2v) is 7.29. The molecule has 0 saturated carbocycles. The number of anilines is 1. The molecule has 1 heterocycles. The van der Waals surface area contributed by atoms with Gasteiger partial charge < -0.3 is 15.0 Å². The zero-order chi connectivity index (χ0) is 18.7. The molecule has 1 atom stereocenters. The molecule has 0 radical (unpaired) electrons. The van der Waals surface area contributed by atoms with Crippen LogP contribution < -0.4 is 15.0 Å². The average molecular weight is 370 g/mol. The van der Waals surface area contributed by atoms with Crippen molar-refractivity contribution in [1.29, 1.82) is 0 Å². The molecule has 0 aromatic heterocycles. The summed E-state index contributed by atoms with van der Waals surface area (Å²) in [4.78, 5) is 27.5. The van der Waals surface area contributed by atoms with E-state index in [1.165, 1.54) is 11.8 Å². The molecule has 5 nitrogen and oxygen atoms in total. The lowest BCUT2D eigenvalue weighted by Gasteiger charge is -2.29. The number of thioether (sulfide) groups is 1. The summed E-state index contributed by atoms with van der Waals surface area (Å²) in [5.41, 5.74) is 2.81. The molecule has 136 valence electrons. The summed E-state index contributed by atoms with van der Waals surface area (Å²) in [7, 11) is 1.61. The van der Waals surface area contributed by atoms with E-state index in [0.717, 1.165) is 27.5 Å². The maximum absolute atomic E-state index is 12.6. The molecule has 0 fully saturated rings. The number of nitrogens with one attached hydrogen (secondary N) is 1. The number of carbonyl (C=O) groups excluding carboxylic acids is 2. The highest BCUT2D eigenvalue weighted by molar-refractivity contribution is 8.00. The van der Waals surface area contributed by atoms with Gasteiger partial charge in [-0.2, -0.15) is 0 Å². The van der Waals surface area contributed by atoms with Gasteiger partial charge in [0.05, 0.1) is 24.6 Å². The maximum atomic E-state index is 12.6. The minimum absolute atomic E-state index is 0.00881. The highest BCUT2D eigenvalue weighted by Gasteiger charge is 2.26. The van der Waals surface area contributed by atoms with Crippen LogP contribution in [0.5, 0.6) is 5.75 Å². The van der Waals surface area contributed by atoms with E-state index < -0.39 is 0 Å². The van der Waals surface area contributed by atoms with Gasteiger partial charge in [0.1, 0.15) is 12.3 Å². The molecule has 2 amide bonds. The fourth-order valence-corrected chi connectivity index (χ4v) is 3.96. The highest BCUT2D eigenvalue weighted by Crippen LogP contribution is 2.34. The molecule has 1 unspecified atom stereocenters. The standard InChI is InChI=1S/C20H22N2O3S/c1-13-8-9-17(25-3)15(10-13)14(2)21-19(23)11-22-16-6-4-5-7-18(16)26-12-20(22)24/h4-10,14H,11-12H2,1-3H3,(H,21,23). The van der Waals surface area contributed by atoms with Crippen molar-refractivity contribution in [3.63, 3.8) is 0 Å². The molecule has 6 heteroatoms. The summed E-state index contributed by atoms with van der Waals surface area (Å²) in [6.07, 6.45) is 0. The number of nitrogens with zero attached hydrogens (tertiary/aromatic N) is 1. The predicted molar refractivity (Wildman–Crippen MR) is 104 cm³/mol. The molecule has 1 N–H and O–H groups in total. The van der Waals surface area contributed by atoms with E-state index >= 15 is 0 Å². The van der Waals surface area contributed by atoms with Gasteiger partial charge in [0.25, 0.3) is 0 Å². The largest absolute Gasteiger partial charge is 0.496 e. The van der Waals surface area contributed by atoms with Crippen LogP contribution in [0.1, 0.15) is 24.1 Å². The normalized spacial score (nSPS) is 14.6. The van der Waals surface area contributed by atoms with Crippen LogP contribution in [0.2, 0.25) is 0 Å². The Bertz CT molecular complexity index is 838. The third-order valence-corrected chi connectivity index (χ3v) is 5.39. The molecular weight excluding hydrogens is 348 g/mol. The molecule has 1 aliphatic rings. The molecule has 3 rings (SSSR count). The fraction of sp³-hybridized carbons (Fsp3) is 0.300. The summed E-state index contributed by atoms with van der Waals surface area (Å²) >= 11 is 1.51. The van der Waals surface area contributed by atoms with E-state index in [-0.39, 0.29) is 24.4 Å². The number of methoxy groups -OCH3 is 1. The Morgan fingerprint density at radius 3 is 2.85 bits per heavy atom. The van der Waals surface area contributed by atoms with Crippen molar-refractivity contribution >= 4 is 29.3 Å². The van der Waals surface area contributed by atoms with Crippen LogP contribution in [0.3, 0.4) is 0 Å². The first-order valence-electron chi connectivity index (χ1n) is 8.45. The molecule has 26 heavy (non-hydrogen) atoms. The Morgan fingerprint density at radius 1 is 1.31 bits per heavy atom. The smallest absolute Gasteiger partial charge is 0.240 e. The summed E-state index contributed by atoms with van der Waals surface area (Å²) in [5, 5.41) is 2.98. The van der Waals surface area contributed by atoms with E-state index in [1.807, 2.05) is 56.3 Å². The number of para-hydroxylation sites is 1. The van der Waals surface area contributed by atoms with Crippen LogP contribution >= 0.6 is 11.8 Å². The molecule has 0 saturated heterocycles. The van der Waals surface area contributed by atoms with E-state index in [0.29, 0.717) is 5.75 Å². The number of rotatable bonds is 5. The molecule has 0 aliphatic carbocycles. The predicted octanol–water partition coefficient (Wildman–Crippen LogP) is 3.32. The number of hydrogen-bond donors (Lipinski definition) is 1. The van der Waals surface area contributed by atoms with Gasteiger partial charge in [0.15, 0.2) is 0 Å². The number of hydrogen-bond acceptors (Lipinski definition) is 4. The second kappa shape index (κ2) is 7.83. The lowest BCUT2D eigenvalue weighted by molar-refractivity contribution is -0.123. The fourth-order valence-electron chi connectivity index (χ4n) is 3.03. The molecule has 0 spiro atoms. The lowest BCUT2D eigenvalue weighted by Crippen LogP contribution is -2.43.